The molecule has 4 rings (SSSR count). The van der Waals surface area contributed by atoms with Crippen molar-refractivity contribution in [1.29, 1.82) is 5.26 Å². The fourth-order valence-electron chi connectivity index (χ4n) is 2.56. The van der Waals surface area contributed by atoms with E-state index in [1.807, 2.05) is 6.07 Å². The van der Waals surface area contributed by atoms with Gasteiger partial charge in [-0.2, -0.15) is 15.3 Å². The van der Waals surface area contributed by atoms with E-state index in [2.05, 4.69) is 15.5 Å². The molecule has 0 unspecified atom stereocenters. The number of hydrogen-bond acceptors (Lipinski definition) is 7. The number of rotatable bonds is 4. The molecule has 0 aliphatic heterocycles. The number of oxazole rings is 1. The molecule has 2 heterocycles. The van der Waals surface area contributed by atoms with E-state index < -0.39 is 5.82 Å². The minimum Gasteiger partial charge on any atom is -0.463 e. The number of hydrogen-bond donors (Lipinski definition) is 1. The quantitative estimate of drug-likeness (QED) is 0.392. The van der Waals surface area contributed by atoms with Crippen molar-refractivity contribution in [1.82, 2.24) is 4.98 Å². The second-order valence-electron chi connectivity index (χ2n) is 5.85. The standard InChI is InChI=1S/C20H10ClFN4O3/c21-13-3-6-17-15(7-13)18(27)12(10-28-17)9-24-26-20-16(8-23)25-19(29-20)11-1-4-14(22)5-2-11/h1-7,9-10,26H/b24-9+. The van der Waals surface area contributed by atoms with Gasteiger partial charge in [-0.15, -0.1) is 0 Å². The van der Waals surface area contributed by atoms with E-state index in [0.717, 1.165) is 0 Å². The third kappa shape index (κ3) is 3.72. The molecule has 9 heteroatoms. The van der Waals surface area contributed by atoms with Crippen molar-refractivity contribution in [2.45, 2.75) is 0 Å². The predicted octanol–water partition coefficient (Wildman–Crippen LogP) is 4.56. The Balaban J connectivity index is 1.61. The van der Waals surface area contributed by atoms with E-state index in [0.29, 0.717) is 21.6 Å². The Kier molecular flexibility index (Phi) is 4.81. The van der Waals surface area contributed by atoms with Crippen molar-refractivity contribution in [3.8, 4) is 17.5 Å². The Morgan fingerprint density at radius 1 is 1.24 bits per heavy atom. The summed E-state index contributed by atoms with van der Waals surface area (Å²) in [4.78, 5) is 16.5. The van der Waals surface area contributed by atoms with Gasteiger partial charge in [0.05, 0.1) is 17.2 Å². The lowest BCUT2D eigenvalue weighted by Gasteiger charge is -1.99. The maximum absolute atomic E-state index is 13.1. The van der Waals surface area contributed by atoms with E-state index in [9.17, 15) is 14.4 Å². The normalized spacial score (nSPS) is 11.1. The summed E-state index contributed by atoms with van der Waals surface area (Å²) >= 11 is 5.92. The molecule has 0 spiro atoms. The molecule has 29 heavy (non-hydrogen) atoms. The maximum Gasteiger partial charge on any atom is 0.252 e. The summed E-state index contributed by atoms with van der Waals surface area (Å²) in [6, 6.07) is 12.1. The Hall–Kier alpha value is -3.96. The molecule has 0 atom stereocenters. The van der Waals surface area contributed by atoms with Gasteiger partial charge in [0.1, 0.15) is 23.7 Å². The summed E-state index contributed by atoms with van der Waals surface area (Å²) in [6.07, 6.45) is 2.49. The summed E-state index contributed by atoms with van der Waals surface area (Å²) in [6.45, 7) is 0. The van der Waals surface area contributed by atoms with Crippen molar-refractivity contribution in [2.75, 3.05) is 5.43 Å². The summed E-state index contributed by atoms with van der Waals surface area (Å²) in [5.41, 5.74) is 3.24. The smallest absolute Gasteiger partial charge is 0.252 e. The van der Waals surface area contributed by atoms with Crippen molar-refractivity contribution >= 4 is 34.7 Å². The molecule has 0 aliphatic carbocycles. The lowest BCUT2D eigenvalue weighted by molar-refractivity contribution is 0.586. The van der Waals surface area contributed by atoms with Gasteiger partial charge < -0.3 is 8.83 Å². The molecule has 142 valence electrons. The number of nitriles is 1. The fourth-order valence-corrected chi connectivity index (χ4v) is 2.73. The zero-order valence-corrected chi connectivity index (χ0v) is 15.3. The first-order valence-electron chi connectivity index (χ1n) is 8.22. The first-order valence-corrected chi connectivity index (χ1v) is 8.60. The molecular weight excluding hydrogens is 399 g/mol. The van der Waals surface area contributed by atoms with Crippen LogP contribution in [0.4, 0.5) is 10.3 Å². The minimum atomic E-state index is -0.403. The van der Waals surface area contributed by atoms with Crippen LogP contribution in [0.2, 0.25) is 5.02 Å². The minimum absolute atomic E-state index is 0.0173. The van der Waals surface area contributed by atoms with Crippen LogP contribution in [0.15, 0.2) is 67.5 Å². The Labute approximate surface area is 167 Å². The van der Waals surface area contributed by atoms with Gasteiger partial charge in [0.2, 0.25) is 17.0 Å². The van der Waals surface area contributed by atoms with E-state index in [1.165, 1.54) is 42.8 Å². The highest BCUT2D eigenvalue weighted by atomic mass is 35.5. The van der Waals surface area contributed by atoms with Crippen molar-refractivity contribution < 1.29 is 13.2 Å². The molecule has 2 aromatic heterocycles. The third-order valence-corrected chi connectivity index (χ3v) is 4.19. The van der Waals surface area contributed by atoms with Crippen LogP contribution in [0.3, 0.4) is 0 Å². The van der Waals surface area contributed by atoms with Crippen LogP contribution in [-0.2, 0) is 0 Å². The van der Waals surface area contributed by atoms with Gasteiger partial charge in [0.15, 0.2) is 0 Å². The van der Waals surface area contributed by atoms with Gasteiger partial charge in [0.25, 0.3) is 5.88 Å². The van der Waals surface area contributed by atoms with E-state index in [4.69, 9.17) is 20.4 Å². The molecule has 0 bridgehead atoms. The second kappa shape index (κ2) is 7.58. The fraction of sp³-hybridized carbons (Fsp3) is 0. The molecule has 0 saturated carbocycles. The van der Waals surface area contributed by atoms with Gasteiger partial charge in [-0.25, -0.2) is 9.82 Å². The van der Waals surface area contributed by atoms with Crippen LogP contribution in [0, 0.1) is 17.1 Å². The highest BCUT2D eigenvalue weighted by Gasteiger charge is 2.14. The van der Waals surface area contributed by atoms with Crippen LogP contribution >= 0.6 is 11.6 Å². The predicted molar refractivity (Wildman–Crippen MR) is 105 cm³/mol. The summed E-state index contributed by atoms with van der Waals surface area (Å²) < 4.78 is 23.9. The number of aromatic nitrogens is 1. The van der Waals surface area contributed by atoms with Gasteiger partial charge in [-0.3, -0.25) is 4.79 Å². The topological polar surface area (TPSA) is 104 Å². The van der Waals surface area contributed by atoms with Gasteiger partial charge >= 0.3 is 0 Å². The second-order valence-corrected chi connectivity index (χ2v) is 6.28. The number of anilines is 1. The number of hydrazone groups is 1. The first-order chi connectivity index (χ1) is 14.0. The lowest BCUT2D eigenvalue weighted by atomic mass is 10.2. The molecule has 0 saturated heterocycles. The molecular formula is C20H10ClFN4O3. The molecule has 4 aromatic rings. The monoisotopic (exact) mass is 408 g/mol. The van der Waals surface area contributed by atoms with Crippen molar-refractivity contribution in [2.24, 2.45) is 5.10 Å². The first kappa shape index (κ1) is 18.4. The van der Waals surface area contributed by atoms with Crippen molar-refractivity contribution in [3.05, 3.63) is 81.0 Å². The average molecular weight is 409 g/mol. The summed E-state index contributed by atoms with van der Waals surface area (Å²) in [5, 5.41) is 13.9. The van der Waals surface area contributed by atoms with Gasteiger partial charge in [-0.1, -0.05) is 11.6 Å². The Morgan fingerprint density at radius 3 is 2.79 bits per heavy atom. The average Bonchev–Trinajstić information content (AvgIpc) is 3.14. The zero-order valence-electron chi connectivity index (χ0n) is 14.5. The number of fused-ring (bicyclic) bond motifs is 1. The zero-order chi connectivity index (χ0) is 20.4. The molecule has 0 amide bonds. The SMILES string of the molecule is N#Cc1nc(-c2ccc(F)cc2)oc1N/N=C/c1coc2ccc(Cl)cc2c1=O. The summed E-state index contributed by atoms with van der Waals surface area (Å²) in [7, 11) is 0. The number of nitrogens with one attached hydrogen (secondary N) is 1. The van der Waals surface area contributed by atoms with E-state index in [1.54, 1.807) is 12.1 Å². The number of halogens is 2. The molecule has 1 N–H and O–H groups in total. The van der Waals surface area contributed by atoms with E-state index >= 15 is 0 Å². The third-order valence-electron chi connectivity index (χ3n) is 3.96. The highest BCUT2D eigenvalue weighted by molar-refractivity contribution is 6.31. The number of benzene rings is 2. The lowest BCUT2D eigenvalue weighted by Crippen LogP contribution is -2.08. The molecule has 0 aliphatic rings. The van der Waals surface area contributed by atoms with E-state index in [-0.39, 0.29) is 28.5 Å². The van der Waals surface area contributed by atoms with Gasteiger partial charge in [-0.05, 0) is 42.5 Å². The molecule has 2 aromatic carbocycles. The number of nitrogens with zero attached hydrogens (tertiary/aromatic N) is 3. The van der Waals surface area contributed by atoms with Crippen LogP contribution in [0.25, 0.3) is 22.4 Å². The molecule has 0 fully saturated rings. The summed E-state index contributed by atoms with van der Waals surface area (Å²) in [5.74, 6) is -0.297. The van der Waals surface area contributed by atoms with Crippen LogP contribution < -0.4 is 10.9 Å². The van der Waals surface area contributed by atoms with Crippen LogP contribution in [0.5, 0.6) is 0 Å². The molecule has 7 nitrogen and oxygen atoms in total. The highest BCUT2D eigenvalue weighted by Crippen LogP contribution is 2.25. The largest absolute Gasteiger partial charge is 0.463 e. The maximum atomic E-state index is 13.1. The molecule has 0 radical (unpaired) electrons. The Bertz CT molecular complexity index is 1340. The van der Waals surface area contributed by atoms with Crippen molar-refractivity contribution in [3.63, 3.8) is 0 Å². The van der Waals surface area contributed by atoms with Crippen LogP contribution in [0.1, 0.15) is 11.3 Å². The van der Waals surface area contributed by atoms with Gasteiger partial charge in [0, 0.05) is 10.6 Å². The van der Waals surface area contributed by atoms with Crippen LogP contribution in [-0.4, -0.2) is 11.2 Å². The Morgan fingerprint density at radius 2 is 2.03 bits per heavy atom.